The van der Waals surface area contributed by atoms with E-state index in [-0.39, 0.29) is 11.9 Å². The van der Waals surface area contributed by atoms with Crippen molar-refractivity contribution in [1.29, 1.82) is 0 Å². The number of aromatic nitrogens is 2. The van der Waals surface area contributed by atoms with Gasteiger partial charge in [-0.2, -0.15) is 0 Å². The molecule has 28 heavy (non-hydrogen) atoms. The zero-order valence-electron chi connectivity index (χ0n) is 15.6. The summed E-state index contributed by atoms with van der Waals surface area (Å²) in [6.07, 6.45) is 1.63. The summed E-state index contributed by atoms with van der Waals surface area (Å²) in [6, 6.07) is 9.47. The number of amides is 1. The van der Waals surface area contributed by atoms with Gasteiger partial charge in [-0.3, -0.25) is 9.69 Å². The van der Waals surface area contributed by atoms with Gasteiger partial charge in [0.15, 0.2) is 0 Å². The molecule has 0 bridgehead atoms. The molecule has 1 amide bonds. The number of piperazine rings is 1. The molecule has 4 rings (SSSR count). The molecule has 146 valence electrons. The minimum Gasteiger partial charge on any atom is -0.353 e. The molecule has 1 atom stereocenters. The summed E-state index contributed by atoms with van der Waals surface area (Å²) in [5, 5.41) is 6.83. The fraction of sp³-hybridized carbons (Fsp3) is 0.350. The number of nitrogens with zero attached hydrogens (tertiary/aromatic N) is 4. The average Bonchev–Trinajstić information content (AvgIpc) is 3.21. The quantitative estimate of drug-likeness (QED) is 0.693. The van der Waals surface area contributed by atoms with Gasteiger partial charge in [-0.25, -0.2) is 9.97 Å². The molecule has 1 N–H and O–H groups in total. The van der Waals surface area contributed by atoms with Crippen molar-refractivity contribution in [1.82, 2.24) is 20.2 Å². The lowest BCUT2D eigenvalue weighted by molar-refractivity contribution is -0.126. The van der Waals surface area contributed by atoms with Crippen molar-refractivity contribution in [2.24, 2.45) is 0 Å². The van der Waals surface area contributed by atoms with Crippen LogP contribution in [0.25, 0.3) is 10.2 Å². The standard InChI is InChI=1S/C20H22ClN5OS/c1-14(19(27)22-12-15-4-2-3-5-17(15)21)25-7-9-26(10-8-25)18-16-6-11-28-20(16)24-13-23-18/h2-6,11,13-14H,7-10,12H2,1H3,(H,22,27). The SMILES string of the molecule is CC(C(=O)NCc1ccccc1Cl)N1CCN(c2ncnc3sccc23)CC1. The Morgan fingerprint density at radius 1 is 1.21 bits per heavy atom. The van der Waals surface area contributed by atoms with E-state index in [9.17, 15) is 4.79 Å². The van der Waals surface area contributed by atoms with E-state index >= 15 is 0 Å². The van der Waals surface area contributed by atoms with E-state index in [4.69, 9.17) is 11.6 Å². The molecule has 0 spiro atoms. The van der Waals surface area contributed by atoms with Gasteiger partial charge >= 0.3 is 0 Å². The van der Waals surface area contributed by atoms with Crippen molar-refractivity contribution in [2.45, 2.75) is 19.5 Å². The zero-order chi connectivity index (χ0) is 19.5. The topological polar surface area (TPSA) is 61.4 Å². The number of hydrogen-bond donors (Lipinski definition) is 1. The van der Waals surface area contributed by atoms with Gasteiger partial charge in [-0.05, 0) is 30.0 Å². The van der Waals surface area contributed by atoms with Crippen LogP contribution in [0.15, 0.2) is 42.0 Å². The van der Waals surface area contributed by atoms with Crippen LogP contribution in [0.1, 0.15) is 12.5 Å². The molecule has 1 aliphatic rings. The molecule has 0 saturated carbocycles. The van der Waals surface area contributed by atoms with Crippen molar-refractivity contribution in [3.8, 4) is 0 Å². The minimum absolute atomic E-state index is 0.0237. The third kappa shape index (κ3) is 3.97. The molecule has 0 radical (unpaired) electrons. The van der Waals surface area contributed by atoms with E-state index in [1.165, 1.54) is 0 Å². The first-order chi connectivity index (χ1) is 13.6. The van der Waals surface area contributed by atoms with Crippen molar-refractivity contribution in [3.05, 3.63) is 52.6 Å². The molecular formula is C20H22ClN5OS. The Bertz CT molecular complexity index is 970. The van der Waals surface area contributed by atoms with Gasteiger partial charge < -0.3 is 10.2 Å². The molecule has 8 heteroatoms. The molecule has 3 aromatic rings. The zero-order valence-corrected chi connectivity index (χ0v) is 17.2. The summed E-state index contributed by atoms with van der Waals surface area (Å²) in [5.41, 5.74) is 0.929. The van der Waals surface area contributed by atoms with Crippen LogP contribution in [0.5, 0.6) is 0 Å². The number of benzene rings is 1. The highest BCUT2D eigenvalue weighted by molar-refractivity contribution is 7.16. The number of halogens is 1. The van der Waals surface area contributed by atoms with E-state index in [2.05, 4.69) is 31.2 Å². The van der Waals surface area contributed by atoms with Gasteiger partial charge in [-0.15, -0.1) is 11.3 Å². The lowest BCUT2D eigenvalue weighted by Gasteiger charge is -2.38. The van der Waals surface area contributed by atoms with Crippen molar-refractivity contribution in [3.63, 3.8) is 0 Å². The average molecular weight is 416 g/mol. The summed E-state index contributed by atoms with van der Waals surface area (Å²) >= 11 is 7.80. The summed E-state index contributed by atoms with van der Waals surface area (Å²) in [6.45, 7) is 5.71. The molecule has 1 saturated heterocycles. The third-order valence-corrected chi connectivity index (χ3v) is 6.38. The van der Waals surface area contributed by atoms with Crippen LogP contribution in [-0.2, 0) is 11.3 Å². The highest BCUT2D eigenvalue weighted by atomic mass is 35.5. The highest BCUT2D eigenvalue weighted by Crippen LogP contribution is 2.27. The molecule has 1 aromatic carbocycles. The van der Waals surface area contributed by atoms with Gasteiger partial charge in [0, 0.05) is 37.7 Å². The van der Waals surface area contributed by atoms with E-state index in [0.29, 0.717) is 11.6 Å². The van der Waals surface area contributed by atoms with Gasteiger partial charge in [-0.1, -0.05) is 29.8 Å². The number of fused-ring (bicyclic) bond motifs is 1. The number of carbonyl (C=O) groups is 1. The largest absolute Gasteiger partial charge is 0.353 e. The van der Waals surface area contributed by atoms with E-state index < -0.39 is 0 Å². The van der Waals surface area contributed by atoms with Gasteiger partial charge in [0.1, 0.15) is 17.0 Å². The first-order valence-electron chi connectivity index (χ1n) is 9.32. The summed E-state index contributed by atoms with van der Waals surface area (Å²) in [7, 11) is 0. The van der Waals surface area contributed by atoms with Crippen LogP contribution in [0.2, 0.25) is 5.02 Å². The highest BCUT2D eigenvalue weighted by Gasteiger charge is 2.26. The number of hydrogen-bond acceptors (Lipinski definition) is 6. The fourth-order valence-corrected chi connectivity index (χ4v) is 4.42. The Labute approximate surface area is 173 Å². The maximum atomic E-state index is 12.6. The van der Waals surface area contributed by atoms with Crippen LogP contribution < -0.4 is 10.2 Å². The second-order valence-electron chi connectivity index (χ2n) is 6.84. The molecular weight excluding hydrogens is 394 g/mol. The lowest BCUT2D eigenvalue weighted by Crippen LogP contribution is -2.54. The summed E-state index contributed by atoms with van der Waals surface area (Å²) < 4.78 is 0. The van der Waals surface area contributed by atoms with Gasteiger partial charge in [0.05, 0.1) is 11.4 Å². The van der Waals surface area contributed by atoms with Gasteiger partial charge in [0.25, 0.3) is 0 Å². The molecule has 1 unspecified atom stereocenters. The summed E-state index contributed by atoms with van der Waals surface area (Å²) in [5.74, 6) is 1.01. The van der Waals surface area contributed by atoms with Crippen LogP contribution in [-0.4, -0.2) is 53.0 Å². The lowest BCUT2D eigenvalue weighted by atomic mass is 10.2. The monoisotopic (exact) mass is 415 g/mol. The molecule has 1 fully saturated rings. The van der Waals surface area contributed by atoms with Crippen LogP contribution >= 0.6 is 22.9 Å². The van der Waals surface area contributed by atoms with Crippen molar-refractivity contribution < 1.29 is 4.79 Å². The van der Waals surface area contributed by atoms with Crippen molar-refractivity contribution >= 4 is 44.9 Å². The van der Waals surface area contributed by atoms with E-state index in [1.54, 1.807) is 17.7 Å². The summed E-state index contributed by atoms with van der Waals surface area (Å²) in [4.78, 5) is 26.9. The molecule has 2 aromatic heterocycles. The Kier molecular flexibility index (Phi) is 5.75. The second kappa shape index (κ2) is 8.43. The first kappa shape index (κ1) is 19.1. The van der Waals surface area contributed by atoms with Crippen LogP contribution in [0.3, 0.4) is 0 Å². The third-order valence-electron chi connectivity index (χ3n) is 5.19. The smallest absolute Gasteiger partial charge is 0.237 e. The predicted octanol–water partition coefficient (Wildman–Crippen LogP) is 3.17. The van der Waals surface area contributed by atoms with Crippen LogP contribution in [0, 0.1) is 0 Å². The Morgan fingerprint density at radius 3 is 2.79 bits per heavy atom. The second-order valence-corrected chi connectivity index (χ2v) is 8.15. The molecule has 3 heterocycles. The Balaban J connectivity index is 1.33. The Morgan fingerprint density at radius 2 is 2.00 bits per heavy atom. The Hall–Kier alpha value is -2.22. The molecule has 6 nitrogen and oxygen atoms in total. The van der Waals surface area contributed by atoms with E-state index in [0.717, 1.165) is 47.8 Å². The maximum Gasteiger partial charge on any atom is 0.237 e. The maximum absolute atomic E-state index is 12.6. The number of carbonyl (C=O) groups excluding carboxylic acids is 1. The van der Waals surface area contributed by atoms with Crippen molar-refractivity contribution in [2.75, 3.05) is 31.1 Å². The number of rotatable bonds is 5. The minimum atomic E-state index is -0.184. The molecule has 0 aliphatic carbocycles. The predicted molar refractivity (Wildman–Crippen MR) is 114 cm³/mol. The number of anilines is 1. The van der Waals surface area contributed by atoms with Crippen LogP contribution in [0.4, 0.5) is 5.82 Å². The molecule has 1 aliphatic heterocycles. The fourth-order valence-electron chi connectivity index (χ4n) is 3.49. The number of thiophene rings is 1. The van der Waals surface area contributed by atoms with E-state index in [1.807, 2.05) is 36.6 Å². The van der Waals surface area contributed by atoms with Gasteiger partial charge in [0.2, 0.25) is 5.91 Å². The normalized spacial score (nSPS) is 16.3. The number of nitrogens with one attached hydrogen (secondary N) is 1. The first-order valence-corrected chi connectivity index (χ1v) is 10.6.